The van der Waals surface area contributed by atoms with Gasteiger partial charge in [-0.15, -0.1) is 5.10 Å². The van der Waals surface area contributed by atoms with E-state index in [0.29, 0.717) is 5.56 Å². The SMILES string of the molecule is CN(CC(F)(F)F)S(=O)(=O)c1nnsc1-c1ccccc1. The molecular weight excluding hydrogens is 327 g/mol. The molecule has 0 saturated heterocycles. The zero-order chi connectivity index (χ0) is 15.7. The summed E-state index contributed by atoms with van der Waals surface area (Å²) in [5.41, 5.74) is 0.534. The summed E-state index contributed by atoms with van der Waals surface area (Å²) in [6.07, 6.45) is -4.63. The van der Waals surface area contributed by atoms with E-state index in [-0.39, 0.29) is 9.18 Å². The molecule has 10 heteroatoms. The summed E-state index contributed by atoms with van der Waals surface area (Å²) in [5, 5.41) is 3.02. The highest BCUT2D eigenvalue weighted by atomic mass is 32.2. The van der Waals surface area contributed by atoms with Crippen LogP contribution in [0.2, 0.25) is 0 Å². The molecule has 0 saturated carbocycles. The van der Waals surface area contributed by atoms with Crippen LogP contribution in [0.15, 0.2) is 35.4 Å². The molecule has 0 bridgehead atoms. The molecule has 0 amide bonds. The number of hydrogen-bond donors (Lipinski definition) is 0. The lowest BCUT2D eigenvalue weighted by molar-refractivity contribution is -0.134. The Bertz CT molecular complexity index is 714. The maximum Gasteiger partial charge on any atom is 0.402 e. The van der Waals surface area contributed by atoms with Gasteiger partial charge >= 0.3 is 6.18 Å². The summed E-state index contributed by atoms with van der Waals surface area (Å²) in [6.45, 7) is -1.58. The van der Waals surface area contributed by atoms with E-state index in [9.17, 15) is 21.6 Å². The summed E-state index contributed by atoms with van der Waals surface area (Å²) in [7, 11) is -3.50. The number of benzene rings is 1. The minimum Gasteiger partial charge on any atom is -0.205 e. The van der Waals surface area contributed by atoms with Crippen LogP contribution in [0.25, 0.3) is 10.4 Å². The Labute approximate surface area is 123 Å². The standard InChI is InChI=1S/C11H10F3N3O2S2/c1-17(7-11(12,13)14)21(18,19)10-9(20-16-15-10)8-5-3-2-4-6-8/h2-6H,7H2,1H3. The molecule has 0 fully saturated rings. The van der Waals surface area contributed by atoms with Crippen LogP contribution in [0.5, 0.6) is 0 Å². The van der Waals surface area contributed by atoms with E-state index in [1.165, 1.54) is 0 Å². The third kappa shape index (κ3) is 3.57. The molecule has 5 nitrogen and oxygen atoms in total. The molecule has 0 unspecified atom stereocenters. The highest BCUT2D eigenvalue weighted by molar-refractivity contribution is 7.89. The molecule has 114 valence electrons. The van der Waals surface area contributed by atoms with Crippen molar-refractivity contribution in [3.8, 4) is 10.4 Å². The van der Waals surface area contributed by atoms with Crippen molar-refractivity contribution in [3.05, 3.63) is 30.3 Å². The van der Waals surface area contributed by atoms with Crippen molar-refractivity contribution in [2.45, 2.75) is 11.2 Å². The average Bonchev–Trinajstić information content (AvgIpc) is 2.87. The molecule has 0 aliphatic heterocycles. The van der Waals surface area contributed by atoms with Crippen molar-refractivity contribution in [2.24, 2.45) is 0 Å². The smallest absolute Gasteiger partial charge is 0.205 e. The highest BCUT2D eigenvalue weighted by Gasteiger charge is 2.37. The summed E-state index contributed by atoms with van der Waals surface area (Å²) in [5.74, 6) is 0. The lowest BCUT2D eigenvalue weighted by Gasteiger charge is -2.17. The number of hydrogen-bond acceptors (Lipinski definition) is 5. The van der Waals surface area contributed by atoms with Crippen LogP contribution < -0.4 is 0 Å². The van der Waals surface area contributed by atoms with Crippen molar-refractivity contribution in [1.29, 1.82) is 0 Å². The van der Waals surface area contributed by atoms with E-state index in [1.54, 1.807) is 30.3 Å². The fourth-order valence-corrected chi connectivity index (χ4v) is 3.75. The quantitative estimate of drug-likeness (QED) is 0.859. The molecule has 21 heavy (non-hydrogen) atoms. The number of alkyl halides is 3. The van der Waals surface area contributed by atoms with Gasteiger partial charge in [0.05, 0.1) is 4.88 Å². The molecule has 0 aliphatic carbocycles. The van der Waals surface area contributed by atoms with Crippen LogP contribution >= 0.6 is 11.5 Å². The van der Waals surface area contributed by atoms with Gasteiger partial charge in [0.2, 0.25) is 5.03 Å². The Hall–Kier alpha value is -1.52. The maximum absolute atomic E-state index is 12.4. The van der Waals surface area contributed by atoms with Gasteiger partial charge in [0, 0.05) is 7.05 Å². The van der Waals surface area contributed by atoms with Gasteiger partial charge in [-0.25, -0.2) is 8.42 Å². The first kappa shape index (κ1) is 15.9. The third-order valence-electron chi connectivity index (χ3n) is 2.55. The molecule has 0 spiro atoms. The summed E-state index contributed by atoms with van der Waals surface area (Å²) >= 11 is 0.817. The van der Waals surface area contributed by atoms with Gasteiger partial charge in [-0.3, -0.25) is 0 Å². The number of sulfonamides is 1. The zero-order valence-corrected chi connectivity index (χ0v) is 12.3. The minimum atomic E-state index is -4.63. The first-order valence-corrected chi connectivity index (χ1v) is 7.84. The van der Waals surface area contributed by atoms with Gasteiger partial charge in [-0.05, 0) is 17.1 Å². The maximum atomic E-state index is 12.4. The number of aromatic nitrogens is 2. The molecule has 2 aromatic rings. The van der Waals surface area contributed by atoms with Gasteiger partial charge in [0.25, 0.3) is 10.0 Å². The molecule has 2 rings (SSSR count). The first-order chi connectivity index (χ1) is 9.72. The minimum absolute atomic E-state index is 0.213. The summed E-state index contributed by atoms with van der Waals surface area (Å²) in [6, 6.07) is 8.38. The molecule has 1 aromatic carbocycles. The second kappa shape index (κ2) is 5.70. The average molecular weight is 337 g/mol. The summed E-state index contributed by atoms with van der Waals surface area (Å²) in [4.78, 5) is 0.213. The Morgan fingerprint density at radius 2 is 1.86 bits per heavy atom. The third-order valence-corrected chi connectivity index (χ3v) is 5.18. The first-order valence-electron chi connectivity index (χ1n) is 5.62. The van der Waals surface area contributed by atoms with Crippen molar-refractivity contribution in [3.63, 3.8) is 0 Å². The lowest BCUT2D eigenvalue weighted by atomic mass is 10.2. The molecular formula is C11H10F3N3O2S2. The van der Waals surface area contributed by atoms with E-state index in [0.717, 1.165) is 18.6 Å². The van der Waals surface area contributed by atoms with Crippen LogP contribution in [0.1, 0.15) is 0 Å². The van der Waals surface area contributed by atoms with Crippen LogP contribution in [0.3, 0.4) is 0 Å². The van der Waals surface area contributed by atoms with Crippen molar-refractivity contribution in [1.82, 2.24) is 13.9 Å². The molecule has 1 heterocycles. The highest BCUT2D eigenvalue weighted by Crippen LogP contribution is 2.31. The molecule has 0 atom stereocenters. The number of nitrogens with zero attached hydrogens (tertiary/aromatic N) is 3. The Morgan fingerprint density at radius 1 is 1.24 bits per heavy atom. The van der Waals surface area contributed by atoms with E-state index in [4.69, 9.17) is 0 Å². The largest absolute Gasteiger partial charge is 0.402 e. The van der Waals surface area contributed by atoms with Gasteiger partial charge in [-0.1, -0.05) is 34.8 Å². The fourth-order valence-electron chi connectivity index (χ4n) is 1.60. The van der Waals surface area contributed by atoms with Gasteiger partial charge in [-0.2, -0.15) is 17.5 Å². The van der Waals surface area contributed by atoms with Crippen LogP contribution in [0.4, 0.5) is 13.2 Å². The van der Waals surface area contributed by atoms with Gasteiger partial charge in [0.15, 0.2) is 0 Å². The van der Waals surface area contributed by atoms with E-state index in [2.05, 4.69) is 9.59 Å². The predicted octanol–water partition coefficient (Wildman–Crippen LogP) is 2.39. The van der Waals surface area contributed by atoms with Crippen LogP contribution in [0, 0.1) is 0 Å². The van der Waals surface area contributed by atoms with Crippen molar-refractivity contribution >= 4 is 21.6 Å². The Kier molecular flexibility index (Phi) is 4.30. The van der Waals surface area contributed by atoms with E-state index >= 15 is 0 Å². The van der Waals surface area contributed by atoms with Crippen molar-refractivity contribution in [2.75, 3.05) is 13.6 Å². The molecule has 1 aromatic heterocycles. The van der Waals surface area contributed by atoms with Gasteiger partial charge in [0.1, 0.15) is 6.54 Å². The normalized spacial score (nSPS) is 12.8. The molecule has 0 N–H and O–H groups in total. The Morgan fingerprint density at radius 3 is 2.43 bits per heavy atom. The topological polar surface area (TPSA) is 63.2 Å². The number of rotatable bonds is 4. The summed E-state index contributed by atoms with van der Waals surface area (Å²) < 4.78 is 65.2. The molecule has 0 aliphatic rings. The molecule has 0 radical (unpaired) electrons. The second-order valence-corrected chi connectivity index (χ2v) is 6.86. The van der Waals surface area contributed by atoms with Gasteiger partial charge < -0.3 is 0 Å². The second-order valence-electron chi connectivity index (χ2n) is 4.15. The van der Waals surface area contributed by atoms with Crippen LogP contribution in [-0.4, -0.2) is 42.1 Å². The lowest BCUT2D eigenvalue weighted by Crippen LogP contribution is -2.36. The van der Waals surface area contributed by atoms with Crippen LogP contribution in [-0.2, 0) is 10.0 Å². The van der Waals surface area contributed by atoms with E-state index < -0.39 is 27.8 Å². The predicted molar refractivity (Wildman–Crippen MR) is 71.2 cm³/mol. The zero-order valence-electron chi connectivity index (χ0n) is 10.7. The number of halogens is 3. The van der Waals surface area contributed by atoms with E-state index in [1.807, 2.05) is 0 Å². The Balaban J connectivity index is 2.41. The fraction of sp³-hybridized carbons (Fsp3) is 0.273. The van der Waals surface area contributed by atoms with Crippen molar-refractivity contribution < 1.29 is 21.6 Å². The monoisotopic (exact) mass is 337 g/mol.